The molecule has 100 valence electrons. The number of rotatable bonds is 2. The number of aryl methyl sites for hydroxylation is 1. The SMILES string of the molecule is CC=Cc1cc(C)cc(-n2nc3ccccc3n2)c1O. The van der Waals surface area contributed by atoms with Crippen molar-refractivity contribution in [3.63, 3.8) is 0 Å². The van der Waals surface area contributed by atoms with Crippen LogP contribution < -0.4 is 0 Å². The molecule has 0 aliphatic rings. The Hall–Kier alpha value is -2.62. The van der Waals surface area contributed by atoms with Gasteiger partial charge in [-0.3, -0.25) is 0 Å². The van der Waals surface area contributed by atoms with Crippen molar-refractivity contribution in [3.05, 3.63) is 53.6 Å². The molecule has 0 aliphatic heterocycles. The van der Waals surface area contributed by atoms with Gasteiger partial charge in [-0.05, 0) is 43.7 Å². The number of hydrogen-bond acceptors (Lipinski definition) is 3. The molecule has 20 heavy (non-hydrogen) atoms. The van der Waals surface area contributed by atoms with E-state index >= 15 is 0 Å². The second-order valence-corrected chi connectivity index (χ2v) is 4.70. The van der Waals surface area contributed by atoms with Crippen LogP contribution in [0.2, 0.25) is 0 Å². The number of fused-ring (bicyclic) bond motifs is 1. The summed E-state index contributed by atoms with van der Waals surface area (Å²) >= 11 is 0. The van der Waals surface area contributed by atoms with Gasteiger partial charge in [0.05, 0.1) is 0 Å². The summed E-state index contributed by atoms with van der Waals surface area (Å²) in [4.78, 5) is 1.49. The molecule has 1 aromatic heterocycles. The molecule has 0 bridgehead atoms. The normalized spacial score (nSPS) is 11.5. The highest BCUT2D eigenvalue weighted by atomic mass is 16.3. The average molecular weight is 265 g/mol. The summed E-state index contributed by atoms with van der Waals surface area (Å²) in [5.41, 5.74) is 4.02. The summed E-state index contributed by atoms with van der Waals surface area (Å²) in [5.74, 6) is 0.189. The highest BCUT2D eigenvalue weighted by molar-refractivity contribution is 5.74. The van der Waals surface area contributed by atoms with Crippen LogP contribution >= 0.6 is 0 Å². The average Bonchev–Trinajstić information content (AvgIpc) is 2.86. The Balaban J connectivity index is 2.22. The lowest BCUT2D eigenvalue weighted by Crippen LogP contribution is -2.00. The number of aromatic nitrogens is 3. The summed E-state index contributed by atoms with van der Waals surface area (Å²) in [6, 6.07) is 11.5. The predicted molar refractivity (Wildman–Crippen MR) is 80.0 cm³/mol. The van der Waals surface area contributed by atoms with Crippen molar-refractivity contribution in [2.75, 3.05) is 0 Å². The second-order valence-electron chi connectivity index (χ2n) is 4.70. The summed E-state index contributed by atoms with van der Waals surface area (Å²) < 4.78 is 0. The van der Waals surface area contributed by atoms with Crippen LogP contribution in [-0.4, -0.2) is 20.1 Å². The minimum absolute atomic E-state index is 0.189. The van der Waals surface area contributed by atoms with Gasteiger partial charge in [-0.2, -0.15) is 0 Å². The van der Waals surface area contributed by atoms with Crippen molar-refractivity contribution in [1.29, 1.82) is 0 Å². The van der Waals surface area contributed by atoms with Crippen LogP contribution in [-0.2, 0) is 0 Å². The van der Waals surface area contributed by atoms with Crippen molar-refractivity contribution in [3.8, 4) is 11.4 Å². The molecular weight excluding hydrogens is 250 g/mol. The molecule has 3 aromatic rings. The third-order valence-corrected chi connectivity index (χ3v) is 3.11. The van der Waals surface area contributed by atoms with Gasteiger partial charge < -0.3 is 5.11 Å². The van der Waals surface area contributed by atoms with Crippen molar-refractivity contribution in [2.24, 2.45) is 0 Å². The number of nitrogens with zero attached hydrogens (tertiary/aromatic N) is 3. The second kappa shape index (κ2) is 4.81. The van der Waals surface area contributed by atoms with E-state index in [-0.39, 0.29) is 5.75 Å². The standard InChI is InChI=1S/C16H15N3O/c1-3-6-12-9-11(2)10-15(16(12)20)19-17-13-7-4-5-8-14(13)18-19/h3-10,20H,1-2H3. The lowest BCUT2D eigenvalue weighted by Gasteiger charge is -2.08. The number of allylic oxidation sites excluding steroid dienone is 1. The smallest absolute Gasteiger partial charge is 0.150 e. The zero-order valence-corrected chi connectivity index (χ0v) is 11.4. The number of phenols is 1. The Labute approximate surface area is 117 Å². The first-order valence-corrected chi connectivity index (χ1v) is 6.48. The molecule has 1 heterocycles. The molecule has 4 nitrogen and oxygen atoms in total. The fourth-order valence-corrected chi connectivity index (χ4v) is 2.21. The fraction of sp³-hybridized carbons (Fsp3) is 0.125. The van der Waals surface area contributed by atoms with Gasteiger partial charge in [0.25, 0.3) is 0 Å². The highest BCUT2D eigenvalue weighted by Crippen LogP contribution is 2.28. The molecule has 0 fully saturated rings. The Morgan fingerprint density at radius 1 is 1.10 bits per heavy atom. The van der Waals surface area contributed by atoms with Gasteiger partial charge in [0.15, 0.2) is 0 Å². The van der Waals surface area contributed by atoms with Crippen LogP contribution in [0, 0.1) is 6.92 Å². The molecule has 0 radical (unpaired) electrons. The Morgan fingerprint density at radius 2 is 1.75 bits per heavy atom. The van der Waals surface area contributed by atoms with E-state index in [1.807, 2.05) is 62.4 Å². The molecule has 3 rings (SSSR count). The minimum Gasteiger partial charge on any atom is -0.505 e. The van der Waals surface area contributed by atoms with Crippen LogP contribution in [0.15, 0.2) is 42.5 Å². The van der Waals surface area contributed by atoms with E-state index in [0.717, 1.165) is 22.2 Å². The topological polar surface area (TPSA) is 50.9 Å². The summed E-state index contributed by atoms with van der Waals surface area (Å²) in [7, 11) is 0. The molecule has 0 unspecified atom stereocenters. The Bertz CT molecular complexity index is 770. The first kappa shape index (κ1) is 12.4. The lowest BCUT2D eigenvalue weighted by molar-refractivity contribution is 0.466. The third-order valence-electron chi connectivity index (χ3n) is 3.11. The maximum atomic E-state index is 10.4. The molecule has 0 saturated heterocycles. The Kier molecular flexibility index (Phi) is 2.99. The Morgan fingerprint density at radius 3 is 2.35 bits per heavy atom. The van der Waals surface area contributed by atoms with Gasteiger partial charge in [0, 0.05) is 5.56 Å². The maximum absolute atomic E-state index is 10.4. The van der Waals surface area contributed by atoms with Gasteiger partial charge in [-0.25, -0.2) is 0 Å². The first-order valence-electron chi connectivity index (χ1n) is 6.48. The number of phenolic OH excluding ortho intramolecular Hbond substituents is 1. The molecule has 0 atom stereocenters. The molecular formula is C16H15N3O. The van der Waals surface area contributed by atoms with E-state index in [1.54, 1.807) is 0 Å². The number of aromatic hydroxyl groups is 1. The van der Waals surface area contributed by atoms with Crippen LogP contribution in [0.4, 0.5) is 0 Å². The predicted octanol–water partition coefficient (Wildman–Crippen LogP) is 3.47. The van der Waals surface area contributed by atoms with E-state index in [9.17, 15) is 5.11 Å². The van der Waals surface area contributed by atoms with Gasteiger partial charge in [-0.15, -0.1) is 15.0 Å². The van der Waals surface area contributed by atoms with Crippen molar-refractivity contribution in [2.45, 2.75) is 13.8 Å². The largest absolute Gasteiger partial charge is 0.505 e. The van der Waals surface area contributed by atoms with Crippen molar-refractivity contribution in [1.82, 2.24) is 15.0 Å². The van der Waals surface area contributed by atoms with Crippen LogP contribution in [0.1, 0.15) is 18.1 Å². The highest BCUT2D eigenvalue weighted by Gasteiger charge is 2.11. The number of hydrogen-bond donors (Lipinski definition) is 1. The number of benzene rings is 2. The van der Waals surface area contributed by atoms with Crippen LogP contribution in [0.3, 0.4) is 0 Å². The lowest BCUT2D eigenvalue weighted by atomic mass is 10.1. The van der Waals surface area contributed by atoms with Gasteiger partial charge >= 0.3 is 0 Å². The van der Waals surface area contributed by atoms with Crippen molar-refractivity contribution >= 4 is 17.1 Å². The van der Waals surface area contributed by atoms with E-state index in [2.05, 4.69) is 10.2 Å². The fourth-order valence-electron chi connectivity index (χ4n) is 2.21. The summed E-state index contributed by atoms with van der Waals surface area (Å²) in [5, 5.41) is 19.2. The molecule has 0 saturated carbocycles. The van der Waals surface area contributed by atoms with E-state index in [4.69, 9.17) is 0 Å². The van der Waals surface area contributed by atoms with Crippen LogP contribution in [0.5, 0.6) is 5.75 Å². The maximum Gasteiger partial charge on any atom is 0.150 e. The zero-order valence-electron chi connectivity index (χ0n) is 11.4. The quantitative estimate of drug-likeness (QED) is 0.772. The van der Waals surface area contributed by atoms with Crippen LogP contribution in [0.25, 0.3) is 22.8 Å². The van der Waals surface area contributed by atoms with Crippen molar-refractivity contribution < 1.29 is 5.11 Å². The third kappa shape index (κ3) is 2.05. The molecule has 0 amide bonds. The van der Waals surface area contributed by atoms with E-state index in [1.165, 1.54) is 4.80 Å². The summed E-state index contributed by atoms with van der Waals surface area (Å²) in [6.45, 7) is 3.90. The summed E-state index contributed by atoms with van der Waals surface area (Å²) in [6.07, 6.45) is 3.76. The van der Waals surface area contributed by atoms with Gasteiger partial charge in [0.2, 0.25) is 0 Å². The molecule has 0 aliphatic carbocycles. The van der Waals surface area contributed by atoms with E-state index in [0.29, 0.717) is 5.69 Å². The van der Waals surface area contributed by atoms with Gasteiger partial charge in [-0.1, -0.05) is 24.3 Å². The monoisotopic (exact) mass is 265 g/mol. The van der Waals surface area contributed by atoms with Gasteiger partial charge in [0.1, 0.15) is 22.5 Å². The first-order chi connectivity index (χ1) is 9.69. The molecule has 1 N–H and O–H groups in total. The molecule has 0 spiro atoms. The molecule has 2 aromatic carbocycles. The molecule has 4 heteroatoms. The zero-order chi connectivity index (χ0) is 14.1. The van der Waals surface area contributed by atoms with E-state index < -0.39 is 0 Å². The minimum atomic E-state index is 0.189.